The molecule has 0 atom stereocenters. The molecular formula is C21H28N2O2. The van der Waals surface area contributed by atoms with Crippen LogP contribution < -0.4 is 15.4 Å². The van der Waals surface area contributed by atoms with E-state index in [1.54, 1.807) is 0 Å². The molecule has 25 heavy (non-hydrogen) atoms. The van der Waals surface area contributed by atoms with Crippen molar-refractivity contribution in [2.75, 3.05) is 19.7 Å². The Morgan fingerprint density at radius 3 is 2.36 bits per heavy atom. The van der Waals surface area contributed by atoms with E-state index in [0.29, 0.717) is 19.7 Å². The Labute approximate surface area is 150 Å². The highest BCUT2D eigenvalue weighted by Gasteiger charge is 2.06. The van der Waals surface area contributed by atoms with Crippen molar-refractivity contribution in [3.8, 4) is 5.75 Å². The van der Waals surface area contributed by atoms with Crippen LogP contribution in [0.25, 0.3) is 0 Å². The summed E-state index contributed by atoms with van der Waals surface area (Å²) < 4.78 is 5.84. The normalized spacial score (nSPS) is 10.4. The molecule has 0 aromatic heterocycles. The van der Waals surface area contributed by atoms with Gasteiger partial charge in [0.05, 0.1) is 6.54 Å². The third kappa shape index (κ3) is 6.14. The Morgan fingerprint density at radius 1 is 0.920 bits per heavy atom. The summed E-state index contributed by atoms with van der Waals surface area (Å²) >= 11 is 0. The number of amides is 2. The van der Waals surface area contributed by atoms with E-state index in [-0.39, 0.29) is 6.03 Å². The summed E-state index contributed by atoms with van der Waals surface area (Å²) in [5.74, 6) is 0.921. The van der Waals surface area contributed by atoms with Gasteiger partial charge in [0.15, 0.2) is 0 Å². The number of benzene rings is 2. The molecule has 0 heterocycles. The number of ether oxygens (including phenoxy) is 1. The number of hydrogen-bond acceptors (Lipinski definition) is 2. The third-order valence-electron chi connectivity index (χ3n) is 4.28. The SMILES string of the molecule is Cc1ccc(C)c(OCCNC(=O)NCCCc2ccccc2)c1C. The van der Waals surface area contributed by atoms with Gasteiger partial charge < -0.3 is 15.4 Å². The average Bonchev–Trinajstić information content (AvgIpc) is 2.62. The first-order valence-electron chi connectivity index (χ1n) is 8.83. The summed E-state index contributed by atoms with van der Waals surface area (Å²) in [5, 5.41) is 5.71. The van der Waals surface area contributed by atoms with Crippen molar-refractivity contribution in [1.29, 1.82) is 0 Å². The number of aryl methyl sites for hydroxylation is 3. The first-order chi connectivity index (χ1) is 12.1. The van der Waals surface area contributed by atoms with Crippen LogP contribution >= 0.6 is 0 Å². The van der Waals surface area contributed by atoms with Crippen molar-refractivity contribution in [2.24, 2.45) is 0 Å². The van der Waals surface area contributed by atoms with E-state index in [4.69, 9.17) is 4.74 Å². The fourth-order valence-corrected chi connectivity index (χ4v) is 2.67. The minimum absolute atomic E-state index is 0.144. The van der Waals surface area contributed by atoms with Crippen molar-refractivity contribution >= 4 is 6.03 Å². The lowest BCUT2D eigenvalue weighted by Crippen LogP contribution is -2.38. The molecule has 0 radical (unpaired) electrons. The lowest BCUT2D eigenvalue weighted by atomic mass is 10.1. The fraction of sp³-hybridized carbons (Fsp3) is 0.381. The smallest absolute Gasteiger partial charge is 0.314 e. The monoisotopic (exact) mass is 340 g/mol. The summed E-state index contributed by atoms with van der Waals surface area (Å²) in [6.45, 7) is 7.78. The molecule has 0 aliphatic rings. The van der Waals surface area contributed by atoms with Crippen LogP contribution in [0.4, 0.5) is 4.79 Å². The van der Waals surface area contributed by atoms with Crippen LogP contribution in [0, 0.1) is 20.8 Å². The number of nitrogens with one attached hydrogen (secondary N) is 2. The highest BCUT2D eigenvalue weighted by molar-refractivity contribution is 5.73. The number of hydrogen-bond donors (Lipinski definition) is 2. The van der Waals surface area contributed by atoms with Gasteiger partial charge in [-0.1, -0.05) is 42.5 Å². The second kappa shape index (κ2) is 9.72. The molecule has 0 bridgehead atoms. The van der Waals surface area contributed by atoms with Crippen LogP contribution in [0.1, 0.15) is 28.7 Å². The second-order valence-corrected chi connectivity index (χ2v) is 6.27. The zero-order valence-corrected chi connectivity index (χ0v) is 15.4. The Kier molecular flexibility index (Phi) is 7.33. The molecule has 2 N–H and O–H groups in total. The van der Waals surface area contributed by atoms with Crippen molar-refractivity contribution < 1.29 is 9.53 Å². The molecule has 2 amide bonds. The number of urea groups is 1. The Hall–Kier alpha value is -2.49. The maximum Gasteiger partial charge on any atom is 0.314 e. The van der Waals surface area contributed by atoms with Crippen LogP contribution in [0.2, 0.25) is 0 Å². The van der Waals surface area contributed by atoms with Crippen LogP contribution in [0.5, 0.6) is 5.75 Å². The summed E-state index contributed by atoms with van der Waals surface area (Å²) in [7, 11) is 0. The quantitative estimate of drug-likeness (QED) is 0.716. The van der Waals surface area contributed by atoms with Gasteiger partial charge in [0.25, 0.3) is 0 Å². The largest absolute Gasteiger partial charge is 0.491 e. The molecule has 0 fully saturated rings. The van der Waals surface area contributed by atoms with Gasteiger partial charge in [-0.15, -0.1) is 0 Å². The van der Waals surface area contributed by atoms with Gasteiger partial charge in [-0.25, -0.2) is 4.79 Å². The predicted octanol–water partition coefficient (Wildman–Crippen LogP) is 3.92. The van der Waals surface area contributed by atoms with Crippen molar-refractivity contribution in [3.63, 3.8) is 0 Å². The van der Waals surface area contributed by atoms with E-state index in [9.17, 15) is 4.79 Å². The molecule has 0 unspecified atom stereocenters. The topological polar surface area (TPSA) is 50.4 Å². The number of rotatable bonds is 8. The Balaban J connectivity index is 1.60. The summed E-state index contributed by atoms with van der Waals surface area (Å²) in [5.41, 5.74) is 4.78. The number of carbonyl (C=O) groups excluding carboxylic acids is 1. The molecule has 0 saturated heterocycles. The van der Waals surface area contributed by atoms with Crippen molar-refractivity contribution in [3.05, 3.63) is 64.7 Å². The first-order valence-corrected chi connectivity index (χ1v) is 8.83. The molecule has 2 rings (SSSR count). The van der Waals surface area contributed by atoms with Gasteiger partial charge in [0.1, 0.15) is 12.4 Å². The minimum Gasteiger partial charge on any atom is -0.491 e. The van der Waals surface area contributed by atoms with Gasteiger partial charge in [-0.3, -0.25) is 0 Å². The highest BCUT2D eigenvalue weighted by atomic mass is 16.5. The highest BCUT2D eigenvalue weighted by Crippen LogP contribution is 2.25. The molecule has 134 valence electrons. The average molecular weight is 340 g/mol. The maximum atomic E-state index is 11.8. The van der Waals surface area contributed by atoms with Gasteiger partial charge >= 0.3 is 6.03 Å². The molecule has 2 aromatic rings. The standard InChI is InChI=1S/C21H28N2O2/c1-16-11-12-17(2)20(18(16)3)25-15-14-23-21(24)22-13-7-10-19-8-5-4-6-9-19/h4-6,8-9,11-12H,7,10,13-15H2,1-3H3,(H2,22,23,24). The molecule has 4 nitrogen and oxygen atoms in total. The van der Waals surface area contributed by atoms with E-state index in [2.05, 4.69) is 48.7 Å². The Bertz CT molecular complexity index is 684. The Morgan fingerprint density at radius 2 is 1.60 bits per heavy atom. The maximum absolute atomic E-state index is 11.8. The zero-order valence-electron chi connectivity index (χ0n) is 15.4. The van der Waals surface area contributed by atoms with E-state index in [1.165, 1.54) is 11.1 Å². The third-order valence-corrected chi connectivity index (χ3v) is 4.28. The van der Waals surface area contributed by atoms with E-state index >= 15 is 0 Å². The second-order valence-electron chi connectivity index (χ2n) is 6.27. The summed E-state index contributed by atoms with van der Waals surface area (Å²) in [4.78, 5) is 11.8. The van der Waals surface area contributed by atoms with Crippen LogP contribution in [-0.4, -0.2) is 25.7 Å². The molecule has 0 aliphatic heterocycles. The van der Waals surface area contributed by atoms with E-state index in [0.717, 1.165) is 29.7 Å². The van der Waals surface area contributed by atoms with Crippen LogP contribution in [0.15, 0.2) is 42.5 Å². The fourth-order valence-electron chi connectivity index (χ4n) is 2.67. The number of carbonyl (C=O) groups is 1. The van der Waals surface area contributed by atoms with Gasteiger partial charge in [0.2, 0.25) is 0 Å². The van der Waals surface area contributed by atoms with Crippen molar-refractivity contribution in [1.82, 2.24) is 10.6 Å². The van der Waals surface area contributed by atoms with Crippen molar-refractivity contribution in [2.45, 2.75) is 33.6 Å². The van der Waals surface area contributed by atoms with Crippen LogP contribution in [-0.2, 0) is 6.42 Å². The minimum atomic E-state index is -0.144. The van der Waals surface area contributed by atoms with Gasteiger partial charge in [0, 0.05) is 6.54 Å². The molecular weight excluding hydrogens is 312 g/mol. The molecule has 4 heteroatoms. The zero-order chi connectivity index (χ0) is 18.1. The lowest BCUT2D eigenvalue weighted by Gasteiger charge is -2.14. The molecule has 0 saturated carbocycles. The summed E-state index contributed by atoms with van der Waals surface area (Å²) in [6.07, 6.45) is 1.89. The predicted molar refractivity (Wildman–Crippen MR) is 102 cm³/mol. The van der Waals surface area contributed by atoms with E-state index in [1.807, 2.05) is 25.1 Å². The summed E-state index contributed by atoms with van der Waals surface area (Å²) in [6, 6.07) is 14.3. The molecule has 2 aromatic carbocycles. The molecule has 0 spiro atoms. The van der Waals surface area contributed by atoms with E-state index < -0.39 is 0 Å². The van der Waals surface area contributed by atoms with Crippen LogP contribution in [0.3, 0.4) is 0 Å². The van der Waals surface area contributed by atoms with Gasteiger partial charge in [-0.2, -0.15) is 0 Å². The lowest BCUT2D eigenvalue weighted by molar-refractivity contribution is 0.236. The molecule has 0 aliphatic carbocycles. The van der Waals surface area contributed by atoms with Gasteiger partial charge in [-0.05, 0) is 55.9 Å². The first kappa shape index (κ1) is 18.8.